The van der Waals surface area contributed by atoms with E-state index in [0.29, 0.717) is 47.5 Å². The summed E-state index contributed by atoms with van der Waals surface area (Å²) in [6, 6.07) is 9.96. The predicted octanol–water partition coefficient (Wildman–Crippen LogP) is 6.55. The second kappa shape index (κ2) is 13.3. The number of anilines is 1. The minimum absolute atomic E-state index is 0.218. The van der Waals surface area contributed by atoms with Crippen molar-refractivity contribution >= 4 is 32.7 Å². The van der Waals surface area contributed by atoms with Crippen LogP contribution in [-0.2, 0) is 14.8 Å². The second-order valence-electron chi connectivity index (χ2n) is 10.4. The van der Waals surface area contributed by atoms with E-state index in [9.17, 15) is 22.0 Å². The Kier molecular flexibility index (Phi) is 9.72. The first-order valence-corrected chi connectivity index (χ1v) is 14.8. The molecule has 234 valence electrons. The van der Waals surface area contributed by atoms with Gasteiger partial charge >= 0.3 is 6.09 Å². The zero-order valence-electron chi connectivity index (χ0n) is 24.2. The number of carbonyl (C=O) groups excluding carboxylic acids is 1. The molecule has 0 radical (unpaired) electrons. The third-order valence-corrected chi connectivity index (χ3v) is 7.22. The molecule has 0 atom stereocenters. The highest BCUT2D eigenvalue weighted by atomic mass is 32.2. The number of amides is 1. The van der Waals surface area contributed by atoms with Gasteiger partial charge in [0, 0.05) is 30.3 Å². The van der Waals surface area contributed by atoms with Crippen LogP contribution in [0.2, 0.25) is 0 Å². The Hall–Kier alpha value is -4.72. The monoisotopic (exact) mass is 633 g/mol. The molecule has 3 aromatic carbocycles. The molecule has 44 heavy (non-hydrogen) atoms. The van der Waals surface area contributed by atoms with Crippen molar-refractivity contribution in [2.45, 2.75) is 37.7 Å². The average molecular weight is 634 g/mol. The Morgan fingerprint density at radius 3 is 2.39 bits per heavy atom. The van der Waals surface area contributed by atoms with Gasteiger partial charge in [0.2, 0.25) is 0 Å². The number of sulfonamides is 1. The van der Waals surface area contributed by atoms with E-state index in [0.717, 1.165) is 12.1 Å². The van der Waals surface area contributed by atoms with Crippen LogP contribution in [0, 0.1) is 17.5 Å². The number of ether oxygens (including phenoxy) is 4. The van der Waals surface area contributed by atoms with Crippen molar-refractivity contribution in [2.24, 2.45) is 0 Å². The van der Waals surface area contributed by atoms with Gasteiger partial charge in [0.05, 0.1) is 24.9 Å². The van der Waals surface area contributed by atoms with Crippen LogP contribution in [0.25, 0.3) is 10.9 Å². The summed E-state index contributed by atoms with van der Waals surface area (Å²) in [5, 5.41) is 3.12. The number of pyridine rings is 1. The summed E-state index contributed by atoms with van der Waals surface area (Å²) < 4.78 is 91.9. The molecule has 14 heteroatoms. The summed E-state index contributed by atoms with van der Waals surface area (Å²) in [5.74, 6) is -2.33. The lowest BCUT2D eigenvalue weighted by Crippen LogP contribution is -2.33. The molecule has 0 fully saturated rings. The van der Waals surface area contributed by atoms with Crippen molar-refractivity contribution < 1.29 is 45.3 Å². The maximum Gasteiger partial charge on any atom is 0.407 e. The number of hydrogen-bond acceptors (Lipinski definition) is 8. The highest BCUT2D eigenvalue weighted by Crippen LogP contribution is 2.38. The molecule has 0 saturated carbocycles. The van der Waals surface area contributed by atoms with Gasteiger partial charge in [0.1, 0.15) is 27.9 Å². The molecule has 0 saturated heterocycles. The van der Waals surface area contributed by atoms with Gasteiger partial charge in [-0.2, -0.15) is 0 Å². The van der Waals surface area contributed by atoms with Crippen LogP contribution in [0.15, 0.2) is 65.7 Å². The predicted molar refractivity (Wildman–Crippen MR) is 156 cm³/mol. The molecule has 1 amide bonds. The molecular weight excluding hydrogens is 603 g/mol. The molecule has 0 aliphatic carbocycles. The van der Waals surface area contributed by atoms with E-state index in [4.69, 9.17) is 18.9 Å². The topological polar surface area (TPSA) is 125 Å². The van der Waals surface area contributed by atoms with Crippen molar-refractivity contribution in [1.29, 1.82) is 0 Å². The van der Waals surface area contributed by atoms with Crippen LogP contribution in [0.1, 0.15) is 27.2 Å². The first kappa shape index (κ1) is 32.2. The lowest BCUT2D eigenvalue weighted by molar-refractivity contribution is 0.0525. The van der Waals surface area contributed by atoms with Crippen molar-refractivity contribution in [2.75, 3.05) is 25.0 Å². The largest absolute Gasteiger partial charge is 0.493 e. The molecule has 0 aliphatic heterocycles. The smallest absolute Gasteiger partial charge is 0.407 e. The average Bonchev–Trinajstić information content (AvgIpc) is 2.94. The number of methoxy groups -OCH3 is 1. The van der Waals surface area contributed by atoms with Crippen LogP contribution in [-0.4, -0.2) is 45.4 Å². The molecule has 0 bridgehead atoms. The van der Waals surface area contributed by atoms with Gasteiger partial charge in [-0.3, -0.25) is 9.71 Å². The molecular formula is C30H30F3N3O7S. The van der Waals surface area contributed by atoms with Gasteiger partial charge in [-0.15, -0.1) is 0 Å². The summed E-state index contributed by atoms with van der Waals surface area (Å²) in [7, 11) is -3.10. The second-order valence-corrected chi connectivity index (χ2v) is 12.0. The quantitative estimate of drug-likeness (QED) is 0.178. The summed E-state index contributed by atoms with van der Waals surface area (Å²) in [5.41, 5.74) is -0.382. The van der Waals surface area contributed by atoms with Gasteiger partial charge in [0.15, 0.2) is 23.1 Å². The van der Waals surface area contributed by atoms with E-state index in [2.05, 4.69) is 10.3 Å². The summed E-state index contributed by atoms with van der Waals surface area (Å²) in [6.07, 6.45) is 1.41. The number of carbonyl (C=O) groups is 1. The maximum absolute atomic E-state index is 15.0. The zero-order chi connectivity index (χ0) is 32.1. The molecule has 10 nitrogen and oxygen atoms in total. The molecule has 2 N–H and O–H groups in total. The normalized spacial score (nSPS) is 11.6. The fourth-order valence-electron chi connectivity index (χ4n) is 3.91. The third-order valence-electron chi connectivity index (χ3n) is 5.82. The van der Waals surface area contributed by atoms with E-state index in [1.807, 2.05) is 4.72 Å². The number of benzene rings is 3. The maximum atomic E-state index is 15.0. The number of aromatic nitrogens is 1. The van der Waals surface area contributed by atoms with Gasteiger partial charge in [-0.25, -0.2) is 26.4 Å². The fourth-order valence-corrected chi connectivity index (χ4v) is 5.05. The molecule has 1 aromatic heterocycles. The van der Waals surface area contributed by atoms with Crippen LogP contribution in [0.4, 0.5) is 23.7 Å². The van der Waals surface area contributed by atoms with E-state index in [1.54, 1.807) is 32.9 Å². The molecule has 0 aliphatic rings. The van der Waals surface area contributed by atoms with Gasteiger partial charge in [-0.05, 0) is 69.7 Å². The van der Waals surface area contributed by atoms with Crippen LogP contribution in [0.5, 0.6) is 23.0 Å². The molecule has 0 unspecified atom stereocenters. The number of alkyl carbamates (subject to hydrolysis) is 1. The fraction of sp³-hybridized carbons (Fsp3) is 0.267. The van der Waals surface area contributed by atoms with Crippen molar-refractivity contribution in [3.63, 3.8) is 0 Å². The zero-order valence-corrected chi connectivity index (χ0v) is 25.1. The Labute approximate surface area is 252 Å². The first-order chi connectivity index (χ1) is 20.8. The number of halogens is 3. The van der Waals surface area contributed by atoms with Crippen molar-refractivity contribution in [1.82, 2.24) is 10.3 Å². The standard InChI is InChI=1S/C30H30F3N3O7S/c1-30(2,3)43-29(37)35-11-5-13-41-27-17-23-20(16-26(27)40-4)24(10-12-34-23)42-25-9-7-19(15-22(25)33)36-44(38,39)28-14-18(31)6-8-21(28)32/h6-10,12,14-17,36H,5,11,13H2,1-4H3,(H,35,37). The van der Waals surface area contributed by atoms with E-state index < -0.39 is 44.1 Å². The van der Waals surface area contributed by atoms with Crippen LogP contribution >= 0.6 is 0 Å². The number of nitrogens with one attached hydrogen (secondary N) is 2. The summed E-state index contributed by atoms with van der Waals surface area (Å²) in [6.45, 7) is 5.89. The first-order valence-electron chi connectivity index (χ1n) is 13.3. The molecule has 1 heterocycles. The lowest BCUT2D eigenvalue weighted by Gasteiger charge is -2.19. The minimum atomic E-state index is -4.55. The number of rotatable bonds is 11. The van der Waals surface area contributed by atoms with E-state index in [1.165, 1.54) is 31.5 Å². The van der Waals surface area contributed by atoms with Crippen molar-refractivity contribution in [3.05, 3.63) is 78.2 Å². The molecule has 0 spiro atoms. The number of nitrogens with zero attached hydrogens (tertiary/aromatic N) is 1. The van der Waals surface area contributed by atoms with Crippen LogP contribution < -0.4 is 24.2 Å². The summed E-state index contributed by atoms with van der Waals surface area (Å²) >= 11 is 0. The number of fused-ring (bicyclic) bond motifs is 1. The summed E-state index contributed by atoms with van der Waals surface area (Å²) in [4.78, 5) is 15.2. The molecule has 4 rings (SSSR count). The highest BCUT2D eigenvalue weighted by Gasteiger charge is 2.21. The Morgan fingerprint density at radius 1 is 0.909 bits per heavy atom. The van der Waals surface area contributed by atoms with E-state index >= 15 is 4.39 Å². The van der Waals surface area contributed by atoms with Crippen LogP contribution in [0.3, 0.4) is 0 Å². The third kappa shape index (κ3) is 8.22. The van der Waals surface area contributed by atoms with Gasteiger partial charge in [0.25, 0.3) is 10.0 Å². The highest BCUT2D eigenvalue weighted by molar-refractivity contribution is 7.92. The van der Waals surface area contributed by atoms with Gasteiger partial charge in [-0.1, -0.05) is 0 Å². The Balaban J connectivity index is 1.46. The molecule has 4 aromatic rings. The lowest BCUT2D eigenvalue weighted by atomic mass is 10.1. The van der Waals surface area contributed by atoms with E-state index in [-0.39, 0.29) is 23.8 Å². The van der Waals surface area contributed by atoms with Gasteiger partial charge < -0.3 is 24.3 Å². The van der Waals surface area contributed by atoms with Crippen molar-refractivity contribution in [3.8, 4) is 23.0 Å². The minimum Gasteiger partial charge on any atom is -0.493 e. The number of hydrogen-bond donors (Lipinski definition) is 2. The Morgan fingerprint density at radius 2 is 1.68 bits per heavy atom. The SMILES string of the molecule is COc1cc2c(Oc3ccc(NS(=O)(=O)c4cc(F)ccc4F)cc3F)ccnc2cc1OCCCNC(=O)OC(C)(C)C. The Bertz CT molecular complexity index is 1780.